The Morgan fingerprint density at radius 2 is 1.86 bits per heavy atom. The minimum absolute atomic E-state index is 0.421. The van der Waals surface area contributed by atoms with Gasteiger partial charge in [-0.05, 0) is 19.0 Å². The van der Waals surface area contributed by atoms with Crippen LogP contribution in [0.5, 0.6) is 0 Å². The summed E-state index contributed by atoms with van der Waals surface area (Å²) in [6, 6.07) is 10.2. The maximum atomic E-state index is 5.57. The molecule has 0 radical (unpaired) electrons. The van der Waals surface area contributed by atoms with Crippen molar-refractivity contribution in [2.75, 3.05) is 45.5 Å². The first-order valence-electron chi connectivity index (χ1n) is 7.43. The lowest BCUT2D eigenvalue weighted by Crippen LogP contribution is -2.45. The van der Waals surface area contributed by atoms with E-state index in [1.807, 2.05) is 0 Å². The van der Waals surface area contributed by atoms with Crippen LogP contribution in [0.15, 0.2) is 34.9 Å². The molecule has 0 unspecified atom stereocenters. The minimum Gasteiger partial charge on any atom is -0.381 e. The van der Waals surface area contributed by atoms with Crippen LogP contribution in [0.4, 0.5) is 5.82 Å². The van der Waals surface area contributed by atoms with E-state index in [9.17, 15) is 0 Å². The Hall–Kier alpha value is -1.85. The summed E-state index contributed by atoms with van der Waals surface area (Å²) >= 11 is 0. The Bertz CT molecular complexity index is 570. The van der Waals surface area contributed by atoms with Gasteiger partial charge in [0.15, 0.2) is 11.6 Å². The van der Waals surface area contributed by atoms with Crippen LogP contribution in [0.3, 0.4) is 0 Å². The fourth-order valence-corrected chi connectivity index (χ4v) is 2.62. The van der Waals surface area contributed by atoms with Crippen LogP contribution in [0.2, 0.25) is 0 Å². The molecule has 2 N–H and O–H groups in total. The predicted octanol–water partition coefficient (Wildman–Crippen LogP) is 1.71. The standard InChI is InChI=1S/C16H22N4O/c1-19-8-10-20(11-9-19)7-6-13-2-4-14(5-3-13)15-12-16(17)18-21-15/h2-5,12H,6-11H2,1H3,(H2,17,18). The predicted molar refractivity (Wildman–Crippen MR) is 84.0 cm³/mol. The zero-order chi connectivity index (χ0) is 14.7. The van der Waals surface area contributed by atoms with E-state index in [0.29, 0.717) is 5.82 Å². The first-order valence-corrected chi connectivity index (χ1v) is 7.43. The van der Waals surface area contributed by atoms with Gasteiger partial charge in [0.2, 0.25) is 0 Å². The third kappa shape index (κ3) is 3.62. The van der Waals surface area contributed by atoms with Gasteiger partial charge in [0.25, 0.3) is 0 Å². The summed E-state index contributed by atoms with van der Waals surface area (Å²) in [5.74, 6) is 1.14. The molecule has 0 amide bonds. The van der Waals surface area contributed by atoms with E-state index in [1.165, 1.54) is 31.7 Å². The van der Waals surface area contributed by atoms with Gasteiger partial charge in [0, 0.05) is 44.4 Å². The third-order valence-corrected chi connectivity index (χ3v) is 4.08. The molecule has 0 saturated carbocycles. The van der Waals surface area contributed by atoms with Gasteiger partial charge in [-0.25, -0.2) is 0 Å². The molecule has 112 valence electrons. The number of hydrogen-bond acceptors (Lipinski definition) is 5. The Labute approximate surface area is 125 Å². The molecule has 1 aromatic heterocycles. The number of anilines is 1. The first-order chi connectivity index (χ1) is 10.2. The number of nitrogen functional groups attached to an aromatic ring is 1. The minimum atomic E-state index is 0.421. The normalized spacial score (nSPS) is 17.2. The van der Waals surface area contributed by atoms with Gasteiger partial charge in [-0.15, -0.1) is 0 Å². The van der Waals surface area contributed by atoms with E-state index >= 15 is 0 Å². The molecule has 0 spiro atoms. The Morgan fingerprint density at radius 1 is 1.14 bits per heavy atom. The van der Waals surface area contributed by atoms with Crippen molar-refractivity contribution in [1.29, 1.82) is 0 Å². The maximum Gasteiger partial charge on any atom is 0.169 e. The molecule has 1 aliphatic rings. The molecular formula is C16H22N4O. The van der Waals surface area contributed by atoms with Crippen molar-refractivity contribution in [3.63, 3.8) is 0 Å². The molecule has 1 fully saturated rings. The Morgan fingerprint density at radius 3 is 2.48 bits per heavy atom. The van der Waals surface area contributed by atoms with E-state index in [0.717, 1.165) is 24.3 Å². The monoisotopic (exact) mass is 286 g/mol. The number of nitrogens with zero attached hydrogens (tertiary/aromatic N) is 3. The van der Waals surface area contributed by atoms with E-state index in [2.05, 4.69) is 46.3 Å². The zero-order valence-corrected chi connectivity index (χ0v) is 12.5. The molecule has 5 heteroatoms. The third-order valence-electron chi connectivity index (χ3n) is 4.08. The van der Waals surface area contributed by atoms with Crippen LogP contribution in [0, 0.1) is 0 Å². The van der Waals surface area contributed by atoms with Crippen molar-refractivity contribution in [3.8, 4) is 11.3 Å². The fraction of sp³-hybridized carbons (Fsp3) is 0.438. The van der Waals surface area contributed by atoms with Crippen molar-refractivity contribution in [3.05, 3.63) is 35.9 Å². The highest BCUT2D eigenvalue weighted by atomic mass is 16.5. The topological polar surface area (TPSA) is 58.5 Å². The first kappa shape index (κ1) is 14.1. The summed E-state index contributed by atoms with van der Waals surface area (Å²) < 4.78 is 5.17. The number of nitrogens with two attached hydrogens (primary N) is 1. The average molecular weight is 286 g/mol. The Balaban J connectivity index is 1.55. The SMILES string of the molecule is CN1CCN(CCc2ccc(-c3cc(N)no3)cc2)CC1. The van der Waals surface area contributed by atoms with Gasteiger partial charge in [-0.1, -0.05) is 29.4 Å². The van der Waals surface area contributed by atoms with Crippen molar-refractivity contribution < 1.29 is 4.52 Å². The number of aromatic nitrogens is 1. The lowest BCUT2D eigenvalue weighted by Gasteiger charge is -2.32. The Kier molecular flexibility index (Phi) is 4.22. The van der Waals surface area contributed by atoms with Crippen LogP contribution in [0.25, 0.3) is 11.3 Å². The lowest BCUT2D eigenvalue weighted by molar-refractivity contribution is 0.155. The highest BCUT2D eigenvalue weighted by Gasteiger charge is 2.13. The average Bonchev–Trinajstić information content (AvgIpc) is 2.94. The van der Waals surface area contributed by atoms with Gasteiger partial charge >= 0.3 is 0 Å². The second kappa shape index (κ2) is 6.28. The molecule has 5 nitrogen and oxygen atoms in total. The van der Waals surface area contributed by atoms with Crippen molar-refractivity contribution in [1.82, 2.24) is 15.0 Å². The van der Waals surface area contributed by atoms with E-state index in [-0.39, 0.29) is 0 Å². The summed E-state index contributed by atoms with van der Waals surface area (Å²) in [6.45, 7) is 5.82. The molecule has 2 aromatic rings. The molecule has 0 atom stereocenters. The highest BCUT2D eigenvalue weighted by Crippen LogP contribution is 2.21. The lowest BCUT2D eigenvalue weighted by atomic mass is 10.1. The maximum absolute atomic E-state index is 5.57. The molecule has 3 rings (SSSR count). The van der Waals surface area contributed by atoms with Gasteiger partial charge in [0.1, 0.15) is 0 Å². The number of rotatable bonds is 4. The number of hydrogen-bond donors (Lipinski definition) is 1. The van der Waals surface area contributed by atoms with Crippen molar-refractivity contribution >= 4 is 5.82 Å². The molecule has 1 aliphatic heterocycles. The summed E-state index contributed by atoms with van der Waals surface area (Å²) in [5, 5.41) is 3.71. The largest absolute Gasteiger partial charge is 0.381 e. The molecule has 1 saturated heterocycles. The summed E-state index contributed by atoms with van der Waals surface area (Å²) in [5.41, 5.74) is 7.94. The quantitative estimate of drug-likeness (QED) is 0.927. The van der Waals surface area contributed by atoms with Crippen molar-refractivity contribution in [2.24, 2.45) is 0 Å². The van der Waals surface area contributed by atoms with Crippen LogP contribution in [-0.4, -0.2) is 54.7 Å². The summed E-state index contributed by atoms with van der Waals surface area (Å²) in [6.07, 6.45) is 1.09. The number of piperazine rings is 1. The summed E-state index contributed by atoms with van der Waals surface area (Å²) in [7, 11) is 2.19. The van der Waals surface area contributed by atoms with Crippen LogP contribution in [0.1, 0.15) is 5.56 Å². The van der Waals surface area contributed by atoms with Crippen LogP contribution >= 0.6 is 0 Å². The van der Waals surface area contributed by atoms with Crippen LogP contribution in [-0.2, 0) is 6.42 Å². The zero-order valence-electron chi connectivity index (χ0n) is 12.5. The van der Waals surface area contributed by atoms with Crippen LogP contribution < -0.4 is 5.73 Å². The van der Waals surface area contributed by atoms with Gasteiger partial charge in [0.05, 0.1) is 0 Å². The van der Waals surface area contributed by atoms with E-state index < -0.39 is 0 Å². The fourth-order valence-electron chi connectivity index (χ4n) is 2.62. The molecule has 2 heterocycles. The van der Waals surface area contributed by atoms with E-state index in [1.54, 1.807) is 6.07 Å². The number of likely N-dealkylation sites (N-methyl/N-ethyl adjacent to an activating group) is 1. The van der Waals surface area contributed by atoms with E-state index in [4.69, 9.17) is 10.3 Å². The van der Waals surface area contributed by atoms with Gasteiger partial charge in [-0.2, -0.15) is 0 Å². The molecule has 0 aliphatic carbocycles. The van der Waals surface area contributed by atoms with Crippen molar-refractivity contribution in [2.45, 2.75) is 6.42 Å². The molecular weight excluding hydrogens is 264 g/mol. The smallest absolute Gasteiger partial charge is 0.169 e. The van der Waals surface area contributed by atoms with Gasteiger partial charge < -0.3 is 20.1 Å². The summed E-state index contributed by atoms with van der Waals surface area (Å²) in [4.78, 5) is 4.92. The molecule has 1 aromatic carbocycles. The highest BCUT2D eigenvalue weighted by molar-refractivity contribution is 5.60. The second-order valence-electron chi connectivity index (χ2n) is 5.71. The van der Waals surface area contributed by atoms with Gasteiger partial charge in [-0.3, -0.25) is 0 Å². The number of benzene rings is 1. The molecule has 21 heavy (non-hydrogen) atoms. The second-order valence-corrected chi connectivity index (χ2v) is 5.71. The molecule has 0 bridgehead atoms.